The summed E-state index contributed by atoms with van der Waals surface area (Å²) in [5.74, 6) is -0.00205. The van der Waals surface area contributed by atoms with Gasteiger partial charge in [-0.05, 0) is 44.4 Å². The van der Waals surface area contributed by atoms with Gasteiger partial charge in [0.2, 0.25) is 0 Å². The molecule has 3 saturated carbocycles. The summed E-state index contributed by atoms with van der Waals surface area (Å²) >= 11 is 0. The highest BCUT2D eigenvalue weighted by molar-refractivity contribution is 5.66. The molecule has 0 amide bonds. The van der Waals surface area contributed by atoms with Crippen molar-refractivity contribution in [2.24, 2.45) is 5.92 Å². The minimum atomic E-state index is -0.833. The van der Waals surface area contributed by atoms with Gasteiger partial charge in [0, 0.05) is 13.8 Å². The van der Waals surface area contributed by atoms with Gasteiger partial charge in [0.25, 0.3) is 5.97 Å². The van der Waals surface area contributed by atoms with E-state index >= 15 is 0 Å². The molecule has 0 aliphatic heterocycles. The van der Waals surface area contributed by atoms with Gasteiger partial charge in [-0.3, -0.25) is 9.59 Å². The van der Waals surface area contributed by atoms with Crippen LogP contribution in [0.1, 0.15) is 52.4 Å². The van der Waals surface area contributed by atoms with E-state index in [2.05, 4.69) is 0 Å². The molecule has 0 aromatic rings. The largest absolute Gasteiger partial charge is 0.481 e. The number of esters is 1. The third kappa shape index (κ3) is 3.83. The van der Waals surface area contributed by atoms with Crippen LogP contribution in [0, 0.1) is 5.92 Å². The molecule has 4 heteroatoms. The number of rotatable bonds is 1. The number of aliphatic carboxylic acids is 1. The topological polar surface area (TPSA) is 63.6 Å². The first kappa shape index (κ1) is 13.0. The van der Waals surface area contributed by atoms with E-state index in [9.17, 15) is 4.79 Å². The van der Waals surface area contributed by atoms with E-state index in [1.807, 2.05) is 0 Å². The maximum Gasteiger partial charge on any atom is 0.303 e. The number of ether oxygens (including phenoxy) is 1. The van der Waals surface area contributed by atoms with Crippen molar-refractivity contribution in [1.82, 2.24) is 0 Å². The smallest absolute Gasteiger partial charge is 0.303 e. The van der Waals surface area contributed by atoms with E-state index in [1.54, 1.807) is 0 Å². The Bertz CT molecular complexity index is 246. The van der Waals surface area contributed by atoms with E-state index in [0.29, 0.717) is 0 Å². The number of carbonyl (C=O) groups excluding carboxylic acids is 1. The number of carbonyl (C=O) groups is 2. The van der Waals surface area contributed by atoms with Crippen molar-refractivity contribution in [3.63, 3.8) is 0 Å². The lowest BCUT2D eigenvalue weighted by atomic mass is 9.68. The molecule has 3 aliphatic rings. The van der Waals surface area contributed by atoms with Gasteiger partial charge in [-0.2, -0.15) is 0 Å². The molecule has 3 rings (SSSR count). The quantitative estimate of drug-likeness (QED) is 0.700. The van der Waals surface area contributed by atoms with Crippen LogP contribution < -0.4 is 0 Å². The lowest BCUT2D eigenvalue weighted by molar-refractivity contribution is -0.168. The third-order valence-electron chi connectivity index (χ3n) is 3.38. The zero-order chi connectivity index (χ0) is 12.2. The molecule has 0 atom stereocenters. The first-order valence-electron chi connectivity index (χ1n) is 5.83. The van der Waals surface area contributed by atoms with Crippen molar-refractivity contribution in [2.45, 2.75) is 58.0 Å². The Balaban J connectivity index is 0.000000280. The fraction of sp³-hybridized carbons (Fsp3) is 0.833. The Morgan fingerprint density at radius 1 is 1.12 bits per heavy atom. The fourth-order valence-corrected chi connectivity index (χ4v) is 2.67. The first-order valence-corrected chi connectivity index (χ1v) is 5.83. The van der Waals surface area contributed by atoms with Gasteiger partial charge in [-0.1, -0.05) is 0 Å². The maximum atomic E-state index is 10.9. The minimum absolute atomic E-state index is 0.0411. The van der Waals surface area contributed by atoms with E-state index < -0.39 is 5.97 Å². The zero-order valence-electron chi connectivity index (χ0n) is 9.99. The van der Waals surface area contributed by atoms with Crippen molar-refractivity contribution in [3.8, 4) is 0 Å². The summed E-state index contributed by atoms with van der Waals surface area (Å²) in [5, 5.41) is 7.42. The summed E-state index contributed by atoms with van der Waals surface area (Å²) in [6.45, 7) is 2.61. The number of hydrogen-bond donors (Lipinski definition) is 1. The summed E-state index contributed by atoms with van der Waals surface area (Å²) in [5.41, 5.74) is -0.0411. The van der Waals surface area contributed by atoms with Crippen molar-refractivity contribution in [3.05, 3.63) is 0 Å². The van der Waals surface area contributed by atoms with Crippen LogP contribution in [0.4, 0.5) is 0 Å². The third-order valence-corrected chi connectivity index (χ3v) is 3.38. The van der Waals surface area contributed by atoms with Crippen molar-refractivity contribution in [1.29, 1.82) is 0 Å². The van der Waals surface area contributed by atoms with Gasteiger partial charge < -0.3 is 9.84 Å². The van der Waals surface area contributed by atoms with Crippen LogP contribution in [0.5, 0.6) is 0 Å². The Morgan fingerprint density at radius 3 is 1.81 bits per heavy atom. The Hall–Kier alpha value is -1.06. The predicted molar refractivity (Wildman–Crippen MR) is 59.0 cm³/mol. The lowest BCUT2D eigenvalue weighted by Crippen LogP contribution is -2.43. The molecular weight excluding hydrogens is 208 g/mol. The zero-order valence-corrected chi connectivity index (χ0v) is 9.99. The van der Waals surface area contributed by atoms with Gasteiger partial charge in [0.05, 0.1) is 0 Å². The average molecular weight is 228 g/mol. The number of fused-ring (bicyclic) bond motifs is 3. The highest BCUT2D eigenvalue weighted by Gasteiger charge is 2.42. The Kier molecular flexibility index (Phi) is 4.33. The van der Waals surface area contributed by atoms with Gasteiger partial charge in [0.15, 0.2) is 0 Å². The maximum absolute atomic E-state index is 10.9. The highest BCUT2D eigenvalue weighted by Crippen LogP contribution is 2.46. The molecule has 16 heavy (non-hydrogen) atoms. The summed E-state index contributed by atoms with van der Waals surface area (Å²) in [4.78, 5) is 19.9. The summed E-state index contributed by atoms with van der Waals surface area (Å²) in [7, 11) is 0. The van der Waals surface area contributed by atoms with E-state index in [-0.39, 0.29) is 11.6 Å². The average Bonchev–Trinajstić information content (AvgIpc) is 2.17. The van der Waals surface area contributed by atoms with E-state index in [4.69, 9.17) is 14.6 Å². The molecule has 3 fully saturated rings. The SMILES string of the molecule is CC(=O)O.CC(=O)OC12CCC(CC1)CC2. The fourth-order valence-electron chi connectivity index (χ4n) is 2.67. The standard InChI is InChI=1S/C10H16O2.C2H4O2/c1-8(11)12-10-5-2-9(3-6-10)4-7-10;1-2(3)4/h9H,2-7H2,1H3;1H3,(H,3,4). The summed E-state index contributed by atoms with van der Waals surface area (Å²) in [6.07, 6.45) is 7.14. The Morgan fingerprint density at radius 2 is 1.50 bits per heavy atom. The molecule has 0 unspecified atom stereocenters. The van der Waals surface area contributed by atoms with Crippen molar-refractivity contribution >= 4 is 11.9 Å². The second kappa shape index (κ2) is 5.32. The molecule has 0 heterocycles. The predicted octanol–water partition coefficient (Wildman–Crippen LogP) is 2.36. The molecule has 0 spiro atoms. The molecule has 3 aliphatic carbocycles. The van der Waals surface area contributed by atoms with Gasteiger partial charge >= 0.3 is 5.97 Å². The summed E-state index contributed by atoms with van der Waals surface area (Å²) < 4.78 is 5.43. The normalized spacial score (nSPS) is 31.2. The number of carboxylic acid groups (broad SMARTS) is 1. The monoisotopic (exact) mass is 228 g/mol. The van der Waals surface area contributed by atoms with Crippen LogP contribution in [0.2, 0.25) is 0 Å². The molecule has 0 radical (unpaired) electrons. The van der Waals surface area contributed by atoms with Crippen LogP contribution in [0.3, 0.4) is 0 Å². The van der Waals surface area contributed by atoms with Crippen LogP contribution in [-0.4, -0.2) is 22.6 Å². The van der Waals surface area contributed by atoms with Gasteiger partial charge in [-0.25, -0.2) is 0 Å². The highest BCUT2D eigenvalue weighted by atomic mass is 16.6. The summed E-state index contributed by atoms with van der Waals surface area (Å²) in [6, 6.07) is 0. The van der Waals surface area contributed by atoms with Crippen molar-refractivity contribution in [2.75, 3.05) is 0 Å². The van der Waals surface area contributed by atoms with Gasteiger partial charge in [0.1, 0.15) is 5.60 Å². The second-order valence-electron chi connectivity index (χ2n) is 4.78. The Labute approximate surface area is 96.0 Å². The molecule has 92 valence electrons. The molecule has 2 bridgehead atoms. The molecule has 0 aromatic carbocycles. The van der Waals surface area contributed by atoms with E-state index in [1.165, 1.54) is 26.2 Å². The molecule has 0 aromatic heterocycles. The van der Waals surface area contributed by atoms with E-state index in [0.717, 1.165) is 32.1 Å². The molecule has 4 nitrogen and oxygen atoms in total. The molecular formula is C12H20O4. The van der Waals surface area contributed by atoms with Crippen LogP contribution in [0.25, 0.3) is 0 Å². The molecule has 0 saturated heterocycles. The molecule has 1 N–H and O–H groups in total. The minimum Gasteiger partial charge on any atom is -0.481 e. The van der Waals surface area contributed by atoms with Crippen LogP contribution in [0.15, 0.2) is 0 Å². The first-order chi connectivity index (χ1) is 7.43. The number of carboxylic acids is 1. The van der Waals surface area contributed by atoms with Crippen molar-refractivity contribution < 1.29 is 19.4 Å². The van der Waals surface area contributed by atoms with Crippen LogP contribution >= 0.6 is 0 Å². The lowest BCUT2D eigenvalue weighted by Gasteiger charge is -2.45. The van der Waals surface area contributed by atoms with Crippen LogP contribution in [-0.2, 0) is 14.3 Å². The second-order valence-corrected chi connectivity index (χ2v) is 4.78. The number of hydrogen-bond acceptors (Lipinski definition) is 3. The van der Waals surface area contributed by atoms with Gasteiger partial charge in [-0.15, -0.1) is 0 Å².